The second kappa shape index (κ2) is 4.90. The molecule has 1 aromatic carbocycles. The minimum atomic E-state index is 0.191. The van der Waals surface area contributed by atoms with Gasteiger partial charge < -0.3 is 15.4 Å². The van der Waals surface area contributed by atoms with Gasteiger partial charge >= 0.3 is 0 Å². The van der Waals surface area contributed by atoms with Crippen molar-refractivity contribution in [2.24, 2.45) is 5.92 Å². The number of benzene rings is 1. The number of hydrogen-bond acceptors (Lipinski definition) is 3. The molecular formula is C15H22N2O. The van der Waals surface area contributed by atoms with Crippen LogP contribution in [0.3, 0.4) is 0 Å². The summed E-state index contributed by atoms with van der Waals surface area (Å²) in [6.07, 6.45) is 2.30. The molecule has 1 saturated heterocycles. The van der Waals surface area contributed by atoms with Crippen molar-refractivity contribution in [3.05, 3.63) is 29.8 Å². The molecule has 0 saturated carbocycles. The second-order valence-corrected chi connectivity index (χ2v) is 5.85. The summed E-state index contributed by atoms with van der Waals surface area (Å²) in [5.41, 5.74) is 2.95. The van der Waals surface area contributed by atoms with E-state index in [1.807, 2.05) is 0 Å². The molecule has 1 fully saturated rings. The van der Waals surface area contributed by atoms with Crippen molar-refractivity contribution in [1.29, 1.82) is 0 Å². The Morgan fingerprint density at radius 2 is 2.33 bits per heavy atom. The van der Waals surface area contributed by atoms with Crippen LogP contribution in [0.1, 0.15) is 18.9 Å². The third-order valence-electron chi connectivity index (χ3n) is 4.14. The summed E-state index contributed by atoms with van der Waals surface area (Å²) in [4.78, 5) is 0. The van der Waals surface area contributed by atoms with Crippen molar-refractivity contribution >= 4 is 5.69 Å². The summed E-state index contributed by atoms with van der Waals surface area (Å²) in [7, 11) is 0. The highest BCUT2D eigenvalue weighted by Gasteiger charge is 2.30. The van der Waals surface area contributed by atoms with Crippen LogP contribution in [-0.4, -0.2) is 31.8 Å². The summed E-state index contributed by atoms with van der Waals surface area (Å²) in [6, 6.07) is 8.63. The fraction of sp³-hybridized carbons (Fsp3) is 0.600. The first-order chi connectivity index (χ1) is 8.75. The molecular weight excluding hydrogens is 224 g/mol. The van der Waals surface area contributed by atoms with E-state index in [-0.39, 0.29) is 5.54 Å². The van der Waals surface area contributed by atoms with Crippen molar-refractivity contribution in [2.45, 2.75) is 25.3 Å². The summed E-state index contributed by atoms with van der Waals surface area (Å²) in [5, 5.41) is 7.22. The predicted molar refractivity (Wildman–Crippen MR) is 74.0 cm³/mol. The largest absolute Gasteiger partial charge is 0.384 e. The molecule has 1 aromatic rings. The number of nitrogens with one attached hydrogen (secondary N) is 2. The van der Waals surface area contributed by atoms with Gasteiger partial charge in [0, 0.05) is 30.9 Å². The van der Waals surface area contributed by atoms with E-state index in [4.69, 9.17) is 4.74 Å². The summed E-state index contributed by atoms with van der Waals surface area (Å²) >= 11 is 0. The number of rotatable bonds is 3. The maximum Gasteiger partial charge on any atom is 0.0646 e. The quantitative estimate of drug-likeness (QED) is 0.856. The van der Waals surface area contributed by atoms with Gasteiger partial charge in [-0.3, -0.25) is 0 Å². The van der Waals surface area contributed by atoms with E-state index in [2.05, 4.69) is 41.8 Å². The molecule has 0 spiro atoms. The first-order valence-electron chi connectivity index (χ1n) is 6.90. The van der Waals surface area contributed by atoms with Crippen LogP contribution in [0.25, 0.3) is 0 Å². The molecule has 0 amide bonds. The van der Waals surface area contributed by atoms with Gasteiger partial charge in [0.2, 0.25) is 0 Å². The Labute approximate surface area is 109 Å². The molecule has 2 aliphatic heterocycles. The lowest BCUT2D eigenvalue weighted by atomic mass is 9.92. The van der Waals surface area contributed by atoms with Crippen LogP contribution in [0.4, 0.5) is 5.69 Å². The Balaban J connectivity index is 1.56. The number of ether oxygens (including phenoxy) is 1. The Kier molecular flexibility index (Phi) is 3.27. The zero-order valence-corrected chi connectivity index (χ0v) is 11.0. The molecule has 0 aliphatic carbocycles. The topological polar surface area (TPSA) is 33.3 Å². The Morgan fingerprint density at radius 1 is 1.44 bits per heavy atom. The van der Waals surface area contributed by atoms with Crippen molar-refractivity contribution in [1.82, 2.24) is 5.32 Å². The predicted octanol–water partition coefficient (Wildman–Crippen LogP) is 2.04. The van der Waals surface area contributed by atoms with Gasteiger partial charge in [0.25, 0.3) is 0 Å². The monoisotopic (exact) mass is 246 g/mol. The van der Waals surface area contributed by atoms with E-state index in [1.165, 1.54) is 17.7 Å². The molecule has 3 heteroatoms. The van der Waals surface area contributed by atoms with Crippen LogP contribution in [-0.2, 0) is 11.2 Å². The average molecular weight is 246 g/mol. The number of anilines is 1. The third-order valence-corrected chi connectivity index (χ3v) is 4.14. The molecule has 2 N–H and O–H groups in total. The van der Waals surface area contributed by atoms with Gasteiger partial charge in [0.05, 0.1) is 6.61 Å². The number of hydrogen-bond donors (Lipinski definition) is 2. The highest BCUT2D eigenvalue weighted by Crippen LogP contribution is 2.25. The van der Waals surface area contributed by atoms with Crippen LogP contribution in [0.5, 0.6) is 0 Å². The normalized spacial score (nSPS) is 30.8. The fourth-order valence-electron chi connectivity index (χ4n) is 2.85. The van der Waals surface area contributed by atoms with Crippen LogP contribution in [0.2, 0.25) is 0 Å². The fourth-order valence-corrected chi connectivity index (χ4v) is 2.85. The minimum absolute atomic E-state index is 0.191. The molecule has 2 unspecified atom stereocenters. The maximum absolute atomic E-state index is 5.48. The van der Waals surface area contributed by atoms with Gasteiger partial charge in [-0.05, 0) is 37.3 Å². The second-order valence-electron chi connectivity index (χ2n) is 5.85. The Bertz CT molecular complexity index is 413. The summed E-state index contributed by atoms with van der Waals surface area (Å²) < 4.78 is 5.48. The van der Waals surface area contributed by atoms with Gasteiger partial charge in [-0.1, -0.05) is 18.2 Å². The smallest absolute Gasteiger partial charge is 0.0646 e. The van der Waals surface area contributed by atoms with E-state index in [0.717, 1.165) is 32.7 Å². The lowest BCUT2D eigenvalue weighted by molar-refractivity contribution is 0.170. The Morgan fingerprint density at radius 3 is 3.17 bits per heavy atom. The van der Waals surface area contributed by atoms with E-state index in [0.29, 0.717) is 5.92 Å². The summed E-state index contributed by atoms with van der Waals surface area (Å²) in [5.74, 6) is 0.678. The van der Waals surface area contributed by atoms with E-state index in [1.54, 1.807) is 0 Å². The molecule has 0 bridgehead atoms. The van der Waals surface area contributed by atoms with Crippen molar-refractivity contribution < 1.29 is 4.74 Å². The van der Waals surface area contributed by atoms with Gasteiger partial charge in [-0.15, -0.1) is 0 Å². The van der Waals surface area contributed by atoms with E-state index >= 15 is 0 Å². The van der Waals surface area contributed by atoms with Crippen LogP contribution in [0.15, 0.2) is 24.3 Å². The van der Waals surface area contributed by atoms with Gasteiger partial charge in [-0.2, -0.15) is 0 Å². The highest BCUT2D eigenvalue weighted by atomic mass is 16.5. The van der Waals surface area contributed by atoms with Gasteiger partial charge in [0.1, 0.15) is 0 Å². The standard InChI is InChI=1S/C15H22N2O/c1-15(6-7-18-11-15)17-10-12-8-13-4-2-3-5-14(13)16-9-12/h2-5,12,16-17H,6-11H2,1H3. The molecule has 18 heavy (non-hydrogen) atoms. The number of para-hydroxylation sites is 1. The van der Waals surface area contributed by atoms with Crippen LogP contribution >= 0.6 is 0 Å². The first kappa shape index (κ1) is 12.0. The number of fused-ring (bicyclic) bond motifs is 1. The first-order valence-corrected chi connectivity index (χ1v) is 6.90. The molecule has 0 aromatic heterocycles. The van der Waals surface area contributed by atoms with Gasteiger partial charge in [-0.25, -0.2) is 0 Å². The molecule has 2 heterocycles. The van der Waals surface area contributed by atoms with Crippen molar-refractivity contribution in [3.8, 4) is 0 Å². The third kappa shape index (κ3) is 2.52. The lowest BCUT2D eigenvalue weighted by Gasteiger charge is -2.30. The Hall–Kier alpha value is -1.06. The minimum Gasteiger partial charge on any atom is -0.384 e. The zero-order chi connectivity index (χ0) is 12.4. The molecule has 3 rings (SSSR count). The summed E-state index contributed by atoms with van der Waals surface area (Å²) in [6.45, 7) is 6.16. The van der Waals surface area contributed by atoms with Crippen molar-refractivity contribution in [3.63, 3.8) is 0 Å². The lowest BCUT2D eigenvalue weighted by Crippen LogP contribution is -2.46. The maximum atomic E-state index is 5.48. The average Bonchev–Trinajstić information content (AvgIpc) is 2.84. The molecule has 3 nitrogen and oxygen atoms in total. The van der Waals surface area contributed by atoms with E-state index < -0.39 is 0 Å². The molecule has 0 radical (unpaired) electrons. The van der Waals surface area contributed by atoms with Crippen LogP contribution < -0.4 is 10.6 Å². The van der Waals surface area contributed by atoms with Crippen LogP contribution in [0, 0.1) is 5.92 Å². The van der Waals surface area contributed by atoms with Gasteiger partial charge in [0.15, 0.2) is 0 Å². The highest BCUT2D eigenvalue weighted by molar-refractivity contribution is 5.53. The molecule has 2 atom stereocenters. The molecule has 98 valence electrons. The van der Waals surface area contributed by atoms with Crippen molar-refractivity contribution in [2.75, 3.05) is 31.6 Å². The SMILES string of the molecule is CC1(NCC2CNc3ccccc3C2)CCOC1. The zero-order valence-electron chi connectivity index (χ0n) is 11.0. The van der Waals surface area contributed by atoms with E-state index in [9.17, 15) is 0 Å². The molecule has 2 aliphatic rings.